The monoisotopic (exact) mass is 272 g/mol. The number of hydrogen-bond donors (Lipinski definition) is 1. The third kappa shape index (κ3) is 2.41. The quantitative estimate of drug-likeness (QED) is 0.776. The Labute approximate surface area is 113 Å². The van der Waals surface area contributed by atoms with E-state index in [0.717, 1.165) is 5.65 Å². The molecule has 0 unspecified atom stereocenters. The Morgan fingerprint density at radius 3 is 3.05 bits per heavy atom. The van der Waals surface area contributed by atoms with Gasteiger partial charge in [-0.05, 0) is 12.1 Å². The van der Waals surface area contributed by atoms with Gasteiger partial charge in [-0.2, -0.15) is 0 Å². The molecule has 0 atom stereocenters. The van der Waals surface area contributed by atoms with Crippen LogP contribution in [0.3, 0.4) is 0 Å². The number of hydrogen-bond acceptors (Lipinski definition) is 5. The second-order valence-electron chi connectivity index (χ2n) is 4.22. The molecule has 0 aromatic carbocycles. The Balaban J connectivity index is 1.77. The predicted octanol–water partition coefficient (Wildman–Crippen LogP) is 1.36. The molecule has 6 heteroatoms. The van der Waals surface area contributed by atoms with E-state index in [0.29, 0.717) is 5.69 Å². The van der Waals surface area contributed by atoms with Gasteiger partial charge < -0.3 is 18.7 Å². The zero-order chi connectivity index (χ0) is 13.9. The van der Waals surface area contributed by atoms with Gasteiger partial charge in [-0.25, -0.2) is 4.98 Å². The summed E-state index contributed by atoms with van der Waals surface area (Å²) in [5, 5.41) is 8.86. The Morgan fingerprint density at radius 2 is 2.30 bits per heavy atom. The first-order valence-electron chi connectivity index (χ1n) is 6.04. The molecule has 0 amide bonds. The topological polar surface area (TPSA) is 77.0 Å². The van der Waals surface area contributed by atoms with E-state index in [1.54, 1.807) is 0 Å². The molecule has 102 valence electrons. The molecule has 0 radical (unpaired) electrons. The summed E-state index contributed by atoms with van der Waals surface area (Å²) in [6.45, 7) is -0.146. The number of aliphatic hydroxyl groups is 1. The number of rotatable bonds is 4. The number of aliphatic hydroxyl groups excluding tert-OH is 1. The lowest BCUT2D eigenvalue weighted by Gasteiger charge is -2.02. The molecule has 0 aliphatic carbocycles. The van der Waals surface area contributed by atoms with Gasteiger partial charge in [0.15, 0.2) is 0 Å². The summed E-state index contributed by atoms with van der Waals surface area (Å²) in [6.07, 6.45) is 4.92. The van der Waals surface area contributed by atoms with Crippen LogP contribution < -0.4 is 10.2 Å². The fourth-order valence-electron chi connectivity index (χ4n) is 1.84. The van der Waals surface area contributed by atoms with Gasteiger partial charge in [0.1, 0.15) is 30.9 Å². The van der Waals surface area contributed by atoms with Gasteiger partial charge in [0.2, 0.25) is 11.2 Å². The van der Waals surface area contributed by atoms with Gasteiger partial charge in [-0.1, -0.05) is 6.07 Å². The van der Waals surface area contributed by atoms with Crippen molar-refractivity contribution in [2.75, 3.05) is 0 Å². The van der Waals surface area contributed by atoms with Crippen molar-refractivity contribution in [3.63, 3.8) is 0 Å². The molecular weight excluding hydrogens is 260 g/mol. The summed E-state index contributed by atoms with van der Waals surface area (Å²) in [7, 11) is 0. The van der Waals surface area contributed by atoms with E-state index >= 15 is 0 Å². The van der Waals surface area contributed by atoms with Crippen LogP contribution in [-0.4, -0.2) is 14.5 Å². The zero-order valence-electron chi connectivity index (χ0n) is 10.5. The standard InChI is InChI=1S/C14H12N2O4/c17-7-11-5-12(18)13(9-19-11)20-8-10-6-16-4-2-1-3-14(16)15-10/h1-6,9,17H,7-8H2. The van der Waals surface area contributed by atoms with Crippen LogP contribution in [0, 0.1) is 0 Å². The van der Waals surface area contributed by atoms with Crippen molar-refractivity contribution >= 4 is 5.65 Å². The highest BCUT2D eigenvalue weighted by Crippen LogP contribution is 2.10. The molecule has 3 rings (SSSR count). The number of ether oxygens (including phenoxy) is 1. The maximum atomic E-state index is 11.7. The Hall–Kier alpha value is -2.60. The van der Waals surface area contributed by atoms with Crippen LogP contribution in [0.15, 0.2) is 52.1 Å². The van der Waals surface area contributed by atoms with Gasteiger partial charge in [0.25, 0.3) is 0 Å². The van der Waals surface area contributed by atoms with E-state index in [-0.39, 0.29) is 30.2 Å². The molecule has 0 bridgehead atoms. The summed E-state index contributed by atoms with van der Waals surface area (Å²) in [6, 6.07) is 6.89. The lowest BCUT2D eigenvalue weighted by Crippen LogP contribution is -2.08. The molecule has 0 spiro atoms. The number of nitrogens with zero attached hydrogens (tertiary/aromatic N) is 2. The summed E-state index contributed by atoms with van der Waals surface area (Å²) >= 11 is 0. The molecule has 3 heterocycles. The summed E-state index contributed by atoms with van der Waals surface area (Å²) < 4.78 is 12.3. The van der Waals surface area contributed by atoms with E-state index < -0.39 is 0 Å². The first-order chi connectivity index (χ1) is 9.76. The van der Waals surface area contributed by atoms with Crippen LogP contribution in [-0.2, 0) is 13.2 Å². The molecular formula is C14H12N2O4. The molecule has 0 fully saturated rings. The van der Waals surface area contributed by atoms with E-state index in [1.807, 2.05) is 35.0 Å². The largest absolute Gasteiger partial charge is 0.480 e. The number of aromatic nitrogens is 2. The average molecular weight is 272 g/mol. The number of pyridine rings is 1. The van der Waals surface area contributed by atoms with E-state index in [2.05, 4.69) is 4.98 Å². The first-order valence-corrected chi connectivity index (χ1v) is 6.04. The fraction of sp³-hybridized carbons (Fsp3) is 0.143. The van der Waals surface area contributed by atoms with Crippen LogP contribution in [0.5, 0.6) is 5.75 Å². The molecule has 3 aromatic rings. The molecule has 0 aliphatic rings. The van der Waals surface area contributed by atoms with E-state index in [9.17, 15) is 4.79 Å². The van der Waals surface area contributed by atoms with Gasteiger partial charge in [-0.3, -0.25) is 4.79 Å². The minimum absolute atomic E-state index is 0.0965. The summed E-state index contributed by atoms with van der Waals surface area (Å²) in [5.74, 6) is 0.300. The highest BCUT2D eigenvalue weighted by Gasteiger charge is 2.06. The highest BCUT2D eigenvalue weighted by molar-refractivity contribution is 5.39. The minimum atomic E-state index is -0.330. The molecule has 0 saturated heterocycles. The van der Waals surface area contributed by atoms with Crippen molar-refractivity contribution in [3.05, 3.63) is 64.6 Å². The zero-order valence-corrected chi connectivity index (χ0v) is 10.5. The second kappa shape index (κ2) is 5.18. The lowest BCUT2D eigenvalue weighted by molar-refractivity contribution is 0.235. The lowest BCUT2D eigenvalue weighted by atomic mass is 10.4. The van der Waals surface area contributed by atoms with Crippen molar-refractivity contribution in [3.8, 4) is 5.75 Å². The fourth-order valence-corrected chi connectivity index (χ4v) is 1.84. The van der Waals surface area contributed by atoms with Gasteiger partial charge in [0.05, 0.1) is 5.69 Å². The second-order valence-corrected chi connectivity index (χ2v) is 4.22. The third-order valence-electron chi connectivity index (χ3n) is 2.80. The van der Waals surface area contributed by atoms with Gasteiger partial charge in [-0.15, -0.1) is 0 Å². The van der Waals surface area contributed by atoms with Crippen LogP contribution in [0.2, 0.25) is 0 Å². The summed E-state index contributed by atoms with van der Waals surface area (Å²) in [4.78, 5) is 16.0. The van der Waals surface area contributed by atoms with Crippen LogP contribution >= 0.6 is 0 Å². The Bertz CT molecular complexity index is 758. The average Bonchev–Trinajstić information content (AvgIpc) is 2.88. The maximum Gasteiger partial charge on any atom is 0.227 e. The minimum Gasteiger partial charge on any atom is -0.480 e. The molecule has 20 heavy (non-hydrogen) atoms. The van der Waals surface area contributed by atoms with Gasteiger partial charge >= 0.3 is 0 Å². The molecule has 3 aromatic heterocycles. The maximum absolute atomic E-state index is 11.7. The van der Waals surface area contributed by atoms with Crippen LogP contribution in [0.25, 0.3) is 5.65 Å². The smallest absolute Gasteiger partial charge is 0.227 e. The normalized spacial score (nSPS) is 10.8. The third-order valence-corrected chi connectivity index (χ3v) is 2.80. The van der Waals surface area contributed by atoms with Crippen molar-refractivity contribution in [1.82, 2.24) is 9.38 Å². The van der Waals surface area contributed by atoms with E-state index in [1.165, 1.54) is 12.3 Å². The predicted molar refractivity (Wildman–Crippen MR) is 70.4 cm³/mol. The number of imidazole rings is 1. The Morgan fingerprint density at radius 1 is 1.40 bits per heavy atom. The van der Waals surface area contributed by atoms with Crippen molar-refractivity contribution in [2.24, 2.45) is 0 Å². The number of fused-ring (bicyclic) bond motifs is 1. The first kappa shape index (κ1) is 12.4. The Kier molecular flexibility index (Phi) is 3.22. The van der Waals surface area contributed by atoms with Crippen LogP contribution in [0.1, 0.15) is 11.5 Å². The highest BCUT2D eigenvalue weighted by atomic mass is 16.5. The molecule has 0 aliphatic heterocycles. The van der Waals surface area contributed by atoms with Crippen molar-refractivity contribution in [2.45, 2.75) is 13.2 Å². The molecule has 6 nitrogen and oxygen atoms in total. The van der Waals surface area contributed by atoms with Gasteiger partial charge in [0, 0.05) is 18.5 Å². The SMILES string of the molecule is O=c1cc(CO)occ1OCc1cn2ccccc2n1. The molecule has 0 saturated carbocycles. The van der Waals surface area contributed by atoms with Crippen molar-refractivity contribution in [1.29, 1.82) is 0 Å². The van der Waals surface area contributed by atoms with Crippen LogP contribution in [0.4, 0.5) is 0 Å². The molecule has 1 N–H and O–H groups in total. The summed E-state index contributed by atoms with van der Waals surface area (Å²) in [5.41, 5.74) is 1.19. The van der Waals surface area contributed by atoms with E-state index in [4.69, 9.17) is 14.3 Å². The van der Waals surface area contributed by atoms with Crippen molar-refractivity contribution < 1.29 is 14.3 Å².